The average Bonchev–Trinajstić information content (AvgIpc) is 2.37. The highest BCUT2D eigenvalue weighted by atomic mass is 35.5. The van der Waals surface area contributed by atoms with Crippen LogP contribution in [0.2, 0.25) is 5.02 Å². The molecule has 0 aliphatic rings. The van der Waals surface area contributed by atoms with Gasteiger partial charge in [-0.05, 0) is 24.6 Å². The van der Waals surface area contributed by atoms with Crippen LogP contribution in [0.5, 0.6) is 0 Å². The van der Waals surface area contributed by atoms with E-state index in [2.05, 4.69) is 0 Å². The second kappa shape index (κ2) is 6.42. The summed E-state index contributed by atoms with van der Waals surface area (Å²) < 4.78 is 25.7. The molecule has 0 spiro atoms. The third kappa shape index (κ3) is 3.72. The number of likely N-dealkylation sites (N-methyl/N-ethyl adjacent to an activating group) is 1. The van der Waals surface area contributed by atoms with Crippen LogP contribution in [-0.2, 0) is 14.8 Å². The number of rotatable bonds is 6. The summed E-state index contributed by atoms with van der Waals surface area (Å²) in [5.41, 5.74) is 5.06. The lowest BCUT2D eigenvalue weighted by molar-refractivity contribution is -0.118. The topological polar surface area (TPSA) is 118 Å². The van der Waals surface area contributed by atoms with Crippen LogP contribution in [0, 0.1) is 6.92 Å². The number of sulfonamides is 1. The summed E-state index contributed by atoms with van der Waals surface area (Å²) >= 11 is 5.88. The van der Waals surface area contributed by atoms with E-state index in [1.165, 1.54) is 13.8 Å². The number of primary amides is 1. The van der Waals surface area contributed by atoms with Gasteiger partial charge in [0.25, 0.3) is 0 Å². The molecule has 0 atom stereocenters. The number of hydrogen-bond donors (Lipinski definition) is 2. The monoisotopic (exact) mass is 334 g/mol. The summed E-state index contributed by atoms with van der Waals surface area (Å²) in [6.07, 6.45) is 0. The van der Waals surface area contributed by atoms with Gasteiger partial charge >= 0.3 is 5.97 Å². The van der Waals surface area contributed by atoms with Gasteiger partial charge in [-0.15, -0.1) is 0 Å². The predicted octanol–water partition coefficient (Wildman–Crippen LogP) is 0.843. The normalized spacial score (nSPS) is 11.6. The van der Waals surface area contributed by atoms with E-state index < -0.39 is 28.4 Å². The molecule has 3 N–H and O–H groups in total. The maximum Gasteiger partial charge on any atom is 0.336 e. The van der Waals surface area contributed by atoms with Crippen LogP contribution in [0.1, 0.15) is 22.8 Å². The van der Waals surface area contributed by atoms with Crippen LogP contribution in [0.3, 0.4) is 0 Å². The first-order chi connectivity index (χ1) is 9.61. The fourth-order valence-electron chi connectivity index (χ4n) is 1.71. The van der Waals surface area contributed by atoms with Gasteiger partial charge in [0.1, 0.15) is 0 Å². The summed E-state index contributed by atoms with van der Waals surface area (Å²) in [5.74, 6) is -2.10. The van der Waals surface area contributed by atoms with Crippen molar-refractivity contribution in [2.75, 3.05) is 13.1 Å². The van der Waals surface area contributed by atoms with Gasteiger partial charge in [0, 0.05) is 11.6 Å². The quantitative estimate of drug-likeness (QED) is 0.799. The number of aromatic carboxylic acids is 1. The van der Waals surface area contributed by atoms with Gasteiger partial charge in [-0.3, -0.25) is 4.79 Å². The van der Waals surface area contributed by atoms with Crippen molar-refractivity contribution in [1.29, 1.82) is 0 Å². The second-order valence-electron chi connectivity index (χ2n) is 4.28. The SMILES string of the molecule is CCN(CC(N)=O)S(=O)(=O)c1cc(Cl)c(C)c(C(=O)O)c1. The van der Waals surface area contributed by atoms with E-state index in [1.807, 2.05) is 0 Å². The number of carbonyl (C=O) groups is 2. The summed E-state index contributed by atoms with van der Waals surface area (Å²) in [4.78, 5) is 21.8. The van der Waals surface area contributed by atoms with Crippen LogP contribution in [0.4, 0.5) is 0 Å². The molecule has 7 nitrogen and oxygen atoms in total. The Morgan fingerprint density at radius 2 is 1.95 bits per heavy atom. The first kappa shape index (κ1) is 17.4. The fraction of sp³-hybridized carbons (Fsp3) is 0.333. The van der Waals surface area contributed by atoms with Crippen LogP contribution >= 0.6 is 11.6 Å². The smallest absolute Gasteiger partial charge is 0.336 e. The number of benzene rings is 1. The van der Waals surface area contributed by atoms with Crippen molar-refractivity contribution in [2.24, 2.45) is 5.73 Å². The van der Waals surface area contributed by atoms with Crippen molar-refractivity contribution in [3.05, 3.63) is 28.3 Å². The molecule has 0 aliphatic carbocycles. The van der Waals surface area contributed by atoms with Crippen LogP contribution in [0.25, 0.3) is 0 Å². The van der Waals surface area contributed by atoms with Gasteiger partial charge in [-0.2, -0.15) is 4.31 Å². The van der Waals surface area contributed by atoms with Gasteiger partial charge in [0.05, 0.1) is 17.0 Å². The molecule has 0 saturated heterocycles. The number of carbonyl (C=O) groups excluding carboxylic acids is 1. The Morgan fingerprint density at radius 3 is 2.38 bits per heavy atom. The number of hydrogen-bond acceptors (Lipinski definition) is 4. The van der Waals surface area contributed by atoms with E-state index in [9.17, 15) is 18.0 Å². The Hall–Kier alpha value is -1.64. The minimum atomic E-state index is -4.06. The summed E-state index contributed by atoms with van der Waals surface area (Å²) in [7, 11) is -4.06. The zero-order valence-electron chi connectivity index (χ0n) is 11.5. The number of amides is 1. The Kier molecular flexibility index (Phi) is 5.32. The molecule has 1 aromatic carbocycles. The van der Waals surface area contributed by atoms with Crippen LogP contribution in [0.15, 0.2) is 17.0 Å². The van der Waals surface area contributed by atoms with E-state index >= 15 is 0 Å². The molecule has 1 aromatic rings. The third-order valence-electron chi connectivity index (χ3n) is 2.87. The maximum atomic E-state index is 12.4. The highest BCUT2D eigenvalue weighted by Gasteiger charge is 2.27. The first-order valence-corrected chi connectivity index (χ1v) is 7.75. The van der Waals surface area contributed by atoms with E-state index in [4.69, 9.17) is 22.4 Å². The van der Waals surface area contributed by atoms with Crippen molar-refractivity contribution < 1.29 is 23.1 Å². The largest absolute Gasteiger partial charge is 0.478 e. The Balaban J connectivity index is 3.44. The van der Waals surface area contributed by atoms with Crippen LogP contribution in [-0.4, -0.2) is 42.8 Å². The Morgan fingerprint density at radius 1 is 1.38 bits per heavy atom. The standard InChI is InChI=1S/C12H15ClN2O5S/c1-3-15(6-11(14)16)21(19,20)8-4-9(12(17)18)7(2)10(13)5-8/h4-5H,3,6H2,1-2H3,(H2,14,16)(H,17,18). The van der Waals surface area contributed by atoms with Gasteiger partial charge in [-0.1, -0.05) is 18.5 Å². The molecule has 1 amide bonds. The minimum Gasteiger partial charge on any atom is -0.478 e. The molecule has 0 fully saturated rings. The Bertz CT molecular complexity index is 687. The molecule has 0 radical (unpaired) electrons. The number of nitrogens with zero attached hydrogens (tertiary/aromatic N) is 1. The Labute approximate surface area is 127 Å². The molecular weight excluding hydrogens is 320 g/mol. The average molecular weight is 335 g/mol. The highest BCUT2D eigenvalue weighted by Crippen LogP contribution is 2.26. The maximum absolute atomic E-state index is 12.4. The molecule has 116 valence electrons. The van der Waals surface area contributed by atoms with Crippen molar-refractivity contribution in [3.63, 3.8) is 0 Å². The molecule has 0 heterocycles. The molecule has 0 unspecified atom stereocenters. The predicted molar refractivity (Wildman–Crippen MR) is 76.8 cm³/mol. The van der Waals surface area contributed by atoms with Crippen molar-refractivity contribution in [3.8, 4) is 0 Å². The molecular formula is C12H15ClN2O5S. The number of nitrogens with two attached hydrogens (primary N) is 1. The van der Waals surface area contributed by atoms with Gasteiger partial charge in [0.15, 0.2) is 0 Å². The van der Waals surface area contributed by atoms with Crippen molar-refractivity contribution >= 4 is 33.5 Å². The summed E-state index contributed by atoms with van der Waals surface area (Å²) in [5, 5.41) is 9.10. The minimum absolute atomic E-state index is 0.0131. The van der Waals surface area contributed by atoms with Crippen molar-refractivity contribution in [2.45, 2.75) is 18.7 Å². The summed E-state index contributed by atoms with van der Waals surface area (Å²) in [6, 6.07) is 2.17. The number of halogens is 1. The molecule has 1 rings (SSSR count). The lowest BCUT2D eigenvalue weighted by Crippen LogP contribution is -2.38. The fourth-order valence-corrected chi connectivity index (χ4v) is 3.47. The molecule has 0 saturated carbocycles. The summed E-state index contributed by atoms with van der Waals surface area (Å²) in [6.45, 7) is 2.53. The molecule has 0 aliphatic heterocycles. The zero-order valence-corrected chi connectivity index (χ0v) is 13.0. The lowest BCUT2D eigenvalue weighted by atomic mass is 10.1. The third-order valence-corrected chi connectivity index (χ3v) is 5.16. The van der Waals surface area contributed by atoms with E-state index in [0.29, 0.717) is 0 Å². The molecule has 21 heavy (non-hydrogen) atoms. The lowest BCUT2D eigenvalue weighted by Gasteiger charge is -2.19. The van der Waals surface area contributed by atoms with E-state index in [-0.39, 0.29) is 27.6 Å². The molecule has 0 bridgehead atoms. The number of carboxylic acid groups (broad SMARTS) is 1. The highest BCUT2D eigenvalue weighted by molar-refractivity contribution is 7.89. The van der Waals surface area contributed by atoms with Gasteiger partial charge in [0.2, 0.25) is 15.9 Å². The van der Waals surface area contributed by atoms with Gasteiger partial charge in [-0.25, -0.2) is 13.2 Å². The van der Waals surface area contributed by atoms with Crippen LogP contribution < -0.4 is 5.73 Å². The molecule has 9 heteroatoms. The molecule has 0 aromatic heterocycles. The second-order valence-corrected chi connectivity index (χ2v) is 6.63. The zero-order chi connectivity index (χ0) is 16.4. The van der Waals surface area contributed by atoms with E-state index in [0.717, 1.165) is 16.4 Å². The number of carboxylic acids is 1. The van der Waals surface area contributed by atoms with Gasteiger partial charge < -0.3 is 10.8 Å². The van der Waals surface area contributed by atoms with E-state index in [1.54, 1.807) is 0 Å². The first-order valence-electron chi connectivity index (χ1n) is 5.93. The van der Waals surface area contributed by atoms with Crippen molar-refractivity contribution in [1.82, 2.24) is 4.31 Å².